The number of imidazole rings is 1. The smallest absolute Gasteiger partial charge is 0.252 e. The first-order chi connectivity index (χ1) is 21.3. The molecule has 6 rings (SSSR count). The number of hydrogen-bond donors (Lipinski definition) is 1. The van der Waals surface area contributed by atoms with Crippen LogP contribution in [0.2, 0.25) is 0 Å². The number of nitrogens with zero attached hydrogens (tertiary/aromatic N) is 4. The van der Waals surface area contributed by atoms with Crippen LogP contribution in [0.5, 0.6) is 0 Å². The summed E-state index contributed by atoms with van der Waals surface area (Å²) in [6.45, 7) is 11.2. The van der Waals surface area contributed by atoms with Crippen molar-refractivity contribution in [2.45, 2.75) is 90.5 Å². The summed E-state index contributed by atoms with van der Waals surface area (Å²) in [5.41, 5.74) is 3.75. The van der Waals surface area contributed by atoms with E-state index < -0.39 is 6.04 Å². The van der Waals surface area contributed by atoms with Crippen LogP contribution in [0.15, 0.2) is 66.0 Å². The van der Waals surface area contributed by atoms with E-state index in [0.717, 1.165) is 62.2 Å². The lowest BCUT2D eigenvalue weighted by atomic mass is 10.0. The highest BCUT2D eigenvalue weighted by Gasteiger charge is 2.46. The van der Waals surface area contributed by atoms with Crippen molar-refractivity contribution in [3.05, 3.63) is 87.9 Å². The van der Waals surface area contributed by atoms with Crippen LogP contribution in [-0.4, -0.2) is 62.4 Å². The minimum atomic E-state index is -0.545. The van der Waals surface area contributed by atoms with Gasteiger partial charge in [-0.05, 0) is 66.8 Å². The summed E-state index contributed by atoms with van der Waals surface area (Å²) in [6, 6.07) is 21.0. The molecule has 2 aromatic carbocycles. The Bertz CT molecular complexity index is 1580. The van der Waals surface area contributed by atoms with Gasteiger partial charge in [-0.3, -0.25) is 14.5 Å². The van der Waals surface area contributed by atoms with Gasteiger partial charge in [0.05, 0.1) is 11.0 Å². The summed E-state index contributed by atoms with van der Waals surface area (Å²) in [5.74, 6) is 1.15. The molecule has 0 unspecified atom stereocenters. The molecule has 2 fully saturated rings. The van der Waals surface area contributed by atoms with Crippen molar-refractivity contribution in [1.29, 1.82) is 0 Å². The zero-order valence-electron chi connectivity index (χ0n) is 26.4. The summed E-state index contributed by atoms with van der Waals surface area (Å²) in [6.07, 6.45) is 4.43. The van der Waals surface area contributed by atoms with Gasteiger partial charge in [0.2, 0.25) is 5.91 Å². The first kappa shape index (κ1) is 30.5. The van der Waals surface area contributed by atoms with E-state index in [4.69, 9.17) is 4.98 Å². The molecule has 2 bridgehead atoms. The van der Waals surface area contributed by atoms with E-state index in [0.29, 0.717) is 24.1 Å². The molecule has 2 aromatic heterocycles. The predicted molar refractivity (Wildman–Crippen MR) is 178 cm³/mol. The Labute approximate surface area is 265 Å². The second-order valence-electron chi connectivity index (χ2n) is 12.9. The van der Waals surface area contributed by atoms with Gasteiger partial charge >= 0.3 is 0 Å². The van der Waals surface area contributed by atoms with Crippen molar-refractivity contribution >= 4 is 34.2 Å². The Morgan fingerprint density at radius 1 is 1.00 bits per heavy atom. The summed E-state index contributed by atoms with van der Waals surface area (Å²) >= 11 is 1.74. The number of fused-ring (bicyclic) bond motifs is 3. The SMILES string of the molecule is CCC(CC)n1c(Cc2cccs2)nc2cc(C(=O)N[C@@H](CC(C)C)C(=O)N3C[C@H]4C[C@@H]3CN4Cc3ccccc3)ccc21. The Balaban J connectivity index is 1.18. The molecule has 4 aromatic rings. The molecular formula is C36H45N5O2S. The molecule has 0 spiro atoms. The fourth-order valence-corrected chi connectivity index (χ4v) is 7.91. The quantitative estimate of drug-likeness (QED) is 0.194. The first-order valence-corrected chi connectivity index (χ1v) is 17.1. The van der Waals surface area contributed by atoms with Crippen LogP contribution in [0.25, 0.3) is 11.0 Å². The van der Waals surface area contributed by atoms with Crippen LogP contribution < -0.4 is 5.32 Å². The van der Waals surface area contributed by atoms with E-state index in [1.165, 1.54) is 10.4 Å². The fraction of sp³-hybridized carbons (Fsp3) is 0.472. The van der Waals surface area contributed by atoms with E-state index in [1.807, 2.05) is 29.2 Å². The molecule has 0 aliphatic carbocycles. The number of likely N-dealkylation sites (tertiary alicyclic amines) is 2. The second kappa shape index (κ2) is 13.2. The van der Waals surface area contributed by atoms with E-state index in [1.54, 1.807) is 11.3 Å². The highest BCUT2D eigenvalue weighted by molar-refractivity contribution is 7.09. The molecule has 0 radical (unpaired) electrons. The van der Waals surface area contributed by atoms with E-state index in [9.17, 15) is 9.59 Å². The van der Waals surface area contributed by atoms with Crippen molar-refractivity contribution in [3.63, 3.8) is 0 Å². The van der Waals surface area contributed by atoms with Crippen molar-refractivity contribution in [2.75, 3.05) is 13.1 Å². The van der Waals surface area contributed by atoms with Gasteiger partial charge in [0, 0.05) is 54.6 Å². The number of hydrogen-bond acceptors (Lipinski definition) is 5. The number of carbonyl (C=O) groups is 2. The molecular weight excluding hydrogens is 566 g/mol. The van der Waals surface area contributed by atoms with Crippen molar-refractivity contribution in [3.8, 4) is 0 Å². The normalized spacial score (nSPS) is 19.0. The maximum Gasteiger partial charge on any atom is 0.252 e. The zero-order chi connectivity index (χ0) is 30.8. The average molecular weight is 612 g/mol. The van der Waals surface area contributed by atoms with E-state index in [2.05, 4.69) is 84.3 Å². The number of thiophene rings is 1. The lowest BCUT2D eigenvalue weighted by Crippen LogP contribution is -2.55. The van der Waals surface area contributed by atoms with Crippen LogP contribution in [0.3, 0.4) is 0 Å². The predicted octanol–water partition coefficient (Wildman–Crippen LogP) is 6.68. The zero-order valence-corrected chi connectivity index (χ0v) is 27.2. The fourth-order valence-electron chi connectivity index (χ4n) is 7.21. The molecule has 4 heterocycles. The van der Waals surface area contributed by atoms with Gasteiger partial charge in [-0.25, -0.2) is 4.98 Å². The lowest BCUT2D eigenvalue weighted by molar-refractivity contribution is -0.136. The number of nitrogens with one attached hydrogen (secondary N) is 1. The molecule has 1 N–H and O–H groups in total. The van der Waals surface area contributed by atoms with Gasteiger partial charge in [-0.15, -0.1) is 11.3 Å². The minimum Gasteiger partial charge on any atom is -0.340 e. The Morgan fingerprint density at radius 3 is 2.45 bits per heavy atom. The van der Waals surface area contributed by atoms with Crippen LogP contribution in [0.4, 0.5) is 0 Å². The Kier molecular flexibility index (Phi) is 9.19. The monoisotopic (exact) mass is 611 g/mol. The standard InChI is InChI=1S/C36H45N5O2S/c1-5-27(6-2)41-33-15-14-26(18-31(33)37-34(41)20-30-13-10-16-44-30)35(42)38-32(17-24(3)4)36(43)40-23-28-19-29(40)22-39(28)21-25-11-8-7-9-12-25/h7-16,18,24,27-29,32H,5-6,17,19-23H2,1-4H3,(H,38,42)/t28-,29-,32+/m1/s1. The summed E-state index contributed by atoms with van der Waals surface area (Å²) in [7, 11) is 0. The molecule has 3 atom stereocenters. The summed E-state index contributed by atoms with van der Waals surface area (Å²) in [4.78, 5) is 38.5. The Morgan fingerprint density at radius 2 is 1.80 bits per heavy atom. The van der Waals surface area contributed by atoms with Crippen LogP contribution in [0.1, 0.15) is 86.0 Å². The summed E-state index contributed by atoms with van der Waals surface area (Å²) in [5, 5.41) is 5.24. The molecule has 2 saturated heterocycles. The largest absolute Gasteiger partial charge is 0.340 e. The topological polar surface area (TPSA) is 70.5 Å². The maximum absolute atomic E-state index is 13.9. The van der Waals surface area contributed by atoms with Gasteiger partial charge in [0.25, 0.3) is 5.91 Å². The first-order valence-electron chi connectivity index (χ1n) is 16.3. The molecule has 232 valence electrons. The van der Waals surface area contributed by atoms with Crippen molar-refractivity contribution in [1.82, 2.24) is 24.7 Å². The molecule has 2 amide bonds. The van der Waals surface area contributed by atoms with Gasteiger partial charge < -0.3 is 14.8 Å². The number of carbonyl (C=O) groups excluding carboxylic acids is 2. The average Bonchev–Trinajstić information content (AvgIpc) is 3.82. The highest BCUT2D eigenvalue weighted by Crippen LogP contribution is 2.33. The second-order valence-corrected chi connectivity index (χ2v) is 14.0. The third-order valence-electron chi connectivity index (χ3n) is 9.42. The molecule has 7 nitrogen and oxygen atoms in total. The van der Waals surface area contributed by atoms with E-state index in [-0.39, 0.29) is 23.8 Å². The van der Waals surface area contributed by atoms with Gasteiger partial charge in [-0.2, -0.15) is 0 Å². The molecule has 2 aliphatic heterocycles. The molecule has 0 saturated carbocycles. The van der Waals surface area contributed by atoms with Gasteiger partial charge in [-0.1, -0.05) is 64.1 Å². The molecule has 44 heavy (non-hydrogen) atoms. The number of benzene rings is 2. The van der Waals surface area contributed by atoms with Gasteiger partial charge in [0.1, 0.15) is 11.9 Å². The van der Waals surface area contributed by atoms with Crippen LogP contribution >= 0.6 is 11.3 Å². The lowest BCUT2D eigenvalue weighted by Gasteiger charge is -2.36. The highest BCUT2D eigenvalue weighted by atomic mass is 32.1. The molecule has 8 heteroatoms. The summed E-state index contributed by atoms with van der Waals surface area (Å²) < 4.78 is 2.37. The molecule has 2 aliphatic rings. The number of amides is 2. The maximum atomic E-state index is 13.9. The third-order valence-corrected chi connectivity index (χ3v) is 10.3. The Hall–Kier alpha value is -3.49. The third kappa shape index (κ3) is 6.33. The number of piperazine rings is 1. The minimum absolute atomic E-state index is 0.0521. The van der Waals surface area contributed by atoms with Gasteiger partial charge in [0.15, 0.2) is 0 Å². The van der Waals surface area contributed by atoms with Crippen LogP contribution in [0, 0.1) is 5.92 Å². The number of aromatic nitrogens is 2. The van der Waals surface area contributed by atoms with Crippen molar-refractivity contribution in [2.24, 2.45) is 5.92 Å². The van der Waals surface area contributed by atoms with E-state index >= 15 is 0 Å². The van der Waals surface area contributed by atoms with Crippen LogP contribution in [-0.2, 0) is 17.8 Å². The number of rotatable bonds is 12. The van der Waals surface area contributed by atoms with Crippen molar-refractivity contribution < 1.29 is 9.59 Å².